The van der Waals surface area contributed by atoms with Crippen LogP contribution < -0.4 is 14.4 Å². The normalized spacial score (nSPS) is 11.0. The van der Waals surface area contributed by atoms with Gasteiger partial charge in [0.2, 0.25) is 0 Å². The molecule has 0 spiro atoms. The van der Waals surface area contributed by atoms with Gasteiger partial charge in [-0.25, -0.2) is 8.42 Å². The molecule has 0 aliphatic heterocycles. The molecule has 3 rings (SSSR count). The fourth-order valence-electron chi connectivity index (χ4n) is 3.23. The molecule has 0 aromatic heterocycles. The van der Waals surface area contributed by atoms with Crippen molar-refractivity contribution in [3.63, 3.8) is 0 Å². The Morgan fingerprint density at radius 3 is 2.32 bits per heavy atom. The van der Waals surface area contributed by atoms with Crippen LogP contribution in [-0.2, 0) is 16.4 Å². The van der Waals surface area contributed by atoms with E-state index in [2.05, 4.69) is 5.32 Å². The predicted octanol–water partition coefficient (Wildman–Crippen LogP) is 3.88. The molecule has 0 aliphatic rings. The highest BCUT2D eigenvalue weighted by atomic mass is 32.2. The summed E-state index contributed by atoms with van der Waals surface area (Å²) in [5.74, 6) is 0.468. The van der Waals surface area contributed by atoms with Crippen molar-refractivity contribution < 1.29 is 17.9 Å². The lowest BCUT2D eigenvalue weighted by molar-refractivity contribution is 0.0954. The lowest BCUT2D eigenvalue weighted by Gasteiger charge is -2.23. The third-order valence-electron chi connectivity index (χ3n) is 4.87. The molecule has 3 aromatic carbocycles. The monoisotopic (exact) mass is 438 g/mol. The van der Waals surface area contributed by atoms with Crippen LogP contribution in [0.15, 0.2) is 83.8 Å². The predicted molar refractivity (Wildman–Crippen MR) is 122 cm³/mol. The molecule has 1 amide bonds. The van der Waals surface area contributed by atoms with Gasteiger partial charge < -0.3 is 10.1 Å². The summed E-state index contributed by atoms with van der Waals surface area (Å²) in [4.78, 5) is 12.7. The second kappa shape index (κ2) is 10.1. The molecule has 0 atom stereocenters. The van der Waals surface area contributed by atoms with E-state index in [1.807, 2.05) is 30.3 Å². The van der Waals surface area contributed by atoms with E-state index >= 15 is 0 Å². The van der Waals surface area contributed by atoms with Crippen LogP contribution in [0, 0.1) is 0 Å². The molecular weight excluding hydrogens is 412 g/mol. The number of para-hydroxylation sites is 1. The number of anilines is 1. The Morgan fingerprint density at radius 1 is 0.968 bits per heavy atom. The van der Waals surface area contributed by atoms with Gasteiger partial charge in [0.15, 0.2) is 0 Å². The van der Waals surface area contributed by atoms with E-state index in [1.54, 1.807) is 50.4 Å². The van der Waals surface area contributed by atoms with Crippen molar-refractivity contribution in [2.75, 3.05) is 24.5 Å². The highest BCUT2D eigenvalue weighted by molar-refractivity contribution is 7.92. The standard InChI is InChI=1S/C24H26N2O4S/c1-3-26(21-9-5-4-6-10-21)31(28,29)23-11-7-8-20(18-23)24(27)25-17-16-19-12-14-22(30-2)15-13-19/h4-15,18H,3,16-17H2,1-2H3,(H,25,27). The van der Waals surface area contributed by atoms with Crippen molar-refractivity contribution in [2.45, 2.75) is 18.2 Å². The first-order valence-corrected chi connectivity index (χ1v) is 11.5. The summed E-state index contributed by atoms with van der Waals surface area (Å²) < 4.78 is 32.8. The van der Waals surface area contributed by atoms with Gasteiger partial charge in [-0.1, -0.05) is 36.4 Å². The molecule has 0 saturated heterocycles. The zero-order valence-corrected chi connectivity index (χ0v) is 18.4. The molecule has 0 unspecified atom stereocenters. The first kappa shape index (κ1) is 22.4. The van der Waals surface area contributed by atoms with Crippen LogP contribution in [-0.4, -0.2) is 34.5 Å². The number of carbonyl (C=O) groups is 1. The largest absolute Gasteiger partial charge is 0.497 e. The topological polar surface area (TPSA) is 75.7 Å². The molecule has 0 aliphatic carbocycles. The molecule has 31 heavy (non-hydrogen) atoms. The molecular formula is C24H26N2O4S. The number of nitrogens with one attached hydrogen (secondary N) is 1. The maximum Gasteiger partial charge on any atom is 0.264 e. The Balaban J connectivity index is 1.70. The number of carbonyl (C=O) groups excluding carboxylic acids is 1. The lowest BCUT2D eigenvalue weighted by atomic mass is 10.1. The van der Waals surface area contributed by atoms with Gasteiger partial charge in [0.25, 0.3) is 15.9 Å². The minimum absolute atomic E-state index is 0.0843. The number of hydrogen-bond donors (Lipinski definition) is 1. The minimum atomic E-state index is -3.79. The van der Waals surface area contributed by atoms with Crippen LogP contribution >= 0.6 is 0 Å². The van der Waals surface area contributed by atoms with E-state index in [0.717, 1.165) is 11.3 Å². The quantitative estimate of drug-likeness (QED) is 0.550. The van der Waals surface area contributed by atoms with Crippen LogP contribution in [0.3, 0.4) is 0 Å². The molecule has 7 heteroatoms. The number of rotatable bonds is 9. The number of hydrogen-bond acceptors (Lipinski definition) is 4. The highest BCUT2D eigenvalue weighted by Gasteiger charge is 2.24. The fraction of sp³-hybridized carbons (Fsp3) is 0.208. The third-order valence-corrected chi connectivity index (χ3v) is 6.77. The maximum atomic E-state index is 13.2. The molecule has 0 fully saturated rings. The Morgan fingerprint density at radius 2 is 1.68 bits per heavy atom. The molecule has 1 N–H and O–H groups in total. The number of sulfonamides is 1. The average molecular weight is 439 g/mol. The van der Waals surface area contributed by atoms with Crippen LogP contribution in [0.2, 0.25) is 0 Å². The van der Waals surface area contributed by atoms with Gasteiger partial charge in [-0.05, 0) is 61.4 Å². The van der Waals surface area contributed by atoms with Gasteiger partial charge >= 0.3 is 0 Å². The van der Waals surface area contributed by atoms with Gasteiger partial charge in [-0.2, -0.15) is 0 Å². The summed E-state index contributed by atoms with van der Waals surface area (Å²) in [6, 6.07) is 22.7. The average Bonchev–Trinajstić information content (AvgIpc) is 2.80. The third kappa shape index (κ3) is 5.44. The van der Waals surface area contributed by atoms with Crippen LogP contribution in [0.25, 0.3) is 0 Å². The van der Waals surface area contributed by atoms with Crippen molar-refractivity contribution in [1.29, 1.82) is 0 Å². The zero-order valence-electron chi connectivity index (χ0n) is 17.6. The number of methoxy groups -OCH3 is 1. The van der Waals surface area contributed by atoms with E-state index in [-0.39, 0.29) is 17.3 Å². The number of ether oxygens (including phenoxy) is 1. The molecule has 0 bridgehead atoms. The highest BCUT2D eigenvalue weighted by Crippen LogP contribution is 2.23. The summed E-state index contributed by atoms with van der Waals surface area (Å²) in [6.45, 7) is 2.50. The molecule has 6 nitrogen and oxygen atoms in total. The lowest BCUT2D eigenvalue weighted by Crippen LogP contribution is -2.31. The van der Waals surface area contributed by atoms with E-state index in [9.17, 15) is 13.2 Å². The Labute approximate surface area is 183 Å². The second-order valence-electron chi connectivity index (χ2n) is 6.89. The minimum Gasteiger partial charge on any atom is -0.497 e. The number of amides is 1. The maximum absolute atomic E-state index is 13.2. The summed E-state index contributed by atoms with van der Waals surface area (Å²) >= 11 is 0. The van der Waals surface area contributed by atoms with Gasteiger partial charge in [0.05, 0.1) is 17.7 Å². The van der Waals surface area contributed by atoms with Gasteiger partial charge in [0, 0.05) is 18.7 Å². The number of nitrogens with zero attached hydrogens (tertiary/aromatic N) is 1. The van der Waals surface area contributed by atoms with Gasteiger partial charge in [-0.3, -0.25) is 9.10 Å². The first-order valence-electron chi connectivity index (χ1n) is 10.0. The molecule has 3 aromatic rings. The Hall–Kier alpha value is -3.32. The molecule has 162 valence electrons. The Kier molecular flexibility index (Phi) is 7.31. The van der Waals surface area contributed by atoms with Crippen molar-refractivity contribution >= 4 is 21.6 Å². The molecule has 0 radical (unpaired) electrons. The van der Waals surface area contributed by atoms with Crippen LogP contribution in [0.5, 0.6) is 5.75 Å². The van der Waals surface area contributed by atoms with Crippen molar-refractivity contribution in [3.8, 4) is 5.75 Å². The van der Waals surface area contributed by atoms with Crippen molar-refractivity contribution in [2.24, 2.45) is 0 Å². The smallest absolute Gasteiger partial charge is 0.264 e. The summed E-state index contributed by atoms with van der Waals surface area (Å²) in [5.41, 5.74) is 1.96. The number of benzene rings is 3. The van der Waals surface area contributed by atoms with Crippen LogP contribution in [0.1, 0.15) is 22.8 Å². The van der Waals surface area contributed by atoms with Crippen molar-refractivity contribution in [1.82, 2.24) is 5.32 Å². The van der Waals surface area contributed by atoms with Crippen molar-refractivity contribution in [3.05, 3.63) is 90.0 Å². The zero-order chi connectivity index (χ0) is 22.3. The molecule has 0 saturated carbocycles. The Bertz CT molecular complexity index is 1110. The fourth-order valence-corrected chi connectivity index (χ4v) is 4.75. The van der Waals surface area contributed by atoms with E-state index < -0.39 is 10.0 Å². The van der Waals surface area contributed by atoms with Gasteiger partial charge in [0.1, 0.15) is 5.75 Å². The second-order valence-corrected chi connectivity index (χ2v) is 8.75. The SMILES string of the molecule is CCN(c1ccccc1)S(=O)(=O)c1cccc(C(=O)NCCc2ccc(OC)cc2)c1. The van der Waals surface area contributed by atoms with E-state index in [0.29, 0.717) is 24.2 Å². The molecule has 0 heterocycles. The van der Waals surface area contributed by atoms with E-state index in [4.69, 9.17) is 4.74 Å². The summed E-state index contributed by atoms with van der Waals surface area (Å²) in [6.07, 6.45) is 0.658. The van der Waals surface area contributed by atoms with Gasteiger partial charge in [-0.15, -0.1) is 0 Å². The summed E-state index contributed by atoms with van der Waals surface area (Å²) in [5, 5.41) is 2.85. The summed E-state index contributed by atoms with van der Waals surface area (Å²) in [7, 11) is -2.17. The van der Waals surface area contributed by atoms with Crippen LogP contribution in [0.4, 0.5) is 5.69 Å². The first-order chi connectivity index (χ1) is 15.0. The van der Waals surface area contributed by atoms with E-state index in [1.165, 1.54) is 16.4 Å².